The van der Waals surface area contributed by atoms with Crippen LogP contribution >= 0.6 is 11.3 Å². The average Bonchev–Trinajstić information content (AvgIpc) is 4.12. The molecule has 61 heavy (non-hydrogen) atoms. The van der Waals surface area contributed by atoms with E-state index in [9.17, 15) is 0 Å². The highest BCUT2D eigenvalue weighted by Gasteiger charge is 2.26. The van der Waals surface area contributed by atoms with E-state index < -0.39 is 0 Å². The minimum absolute atomic E-state index is 0.492. The lowest BCUT2D eigenvalue weighted by Gasteiger charge is -2.22. The van der Waals surface area contributed by atoms with Gasteiger partial charge in [0.1, 0.15) is 34.7 Å². The number of benzene rings is 9. The van der Waals surface area contributed by atoms with E-state index in [-0.39, 0.29) is 0 Å². The highest BCUT2D eigenvalue weighted by atomic mass is 32.1. The van der Waals surface area contributed by atoms with Crippen LogP contribution in [0.25, 0.3) is 130 Å². The van der Waals surface area contributed by atoms with Crippen molar-refractivity contribution in [1.82, 2.24) is 9.13 Å². The number of furan rings is 2. The van der Waals surface area contributed by atoms with Gasteiger partial charge in [-0.25, -0.2) is 0 Å². The van der Waals surface area contributed by atoms with E-state index in [0.29, 0.717) is 6.61 Å². The molecule has 0 bridgehead atoms. The van der Waals surface area contributed by atoms with Gasteiger partial charge in [0.2, 0.25) is 0 Å². The van der Waals surface area contributed by atoms with Crippen LogP contribution in [0, 0.1) is 0 Å². The second kappa shape index (κ2) is 11.5. The summed E-state index contributed by atoms with van der Waals surface area (Å²) in [6.07, 6.45) is 0. The number of nitrogens with zero attached hydrogens (tertiary/aromatic N) is 2. The molecular weight excluding hydrogens is 769 g/mol. The summed E-state index contributed by atoms with van der Waals surface area (Å²) in [5.41, 5.74) is 13.5. The SMILES string of the molecule is c1ccc2c(c1)oc1c2ccc2c1c1ccccc1n2-c1ccc2c(c1)-c1c(ccc3c1oc1ccc(-n4c5ccccc5c5c6sc7ccccc7c6ccc54)cc13)OC2. The van der Waals surface area contributed by atoms with Gasteiger partial charge in [-0.05, 0) is 96.1 Å². The molecule has 1 aliphatic rings. The summed E-state index contributed by atoms with van der Waals surface area (Å²) in [7, 11) is 0. The van der Waals surface area contributed by atoms with Gasteiger partial charge in [0.25, 0.3) is 0 Å². The number of fused-ring (bicyclic) bond motifs is 21. The van der Waals surface area contributed by atoms with Crippen LogP contribution in [0.4, 0.5) is 0 Å². The van der Waals surface area contributed by atoms with Crippen molar-refractivity contribution < 1.29 is 13.6 Å². The molecule has 0 saturated heterocycles. The molecule has 0 aliphatic carbocycles. The maximum atomic E-state index is 6.89. The summed E-state index contributed by atoms with van der Waals surface area (Å²) in [5.74, 6) is 0.831. The predicted octanol–water partition coefficient (Wildman–Crippen LogP) is 15.6. The lowest BCUT2D eigenvalue weighted by molar-refractivity contribution is 0.302. The fourth-order valence-electron chi connectivity index (χ4n) is 10.6. The van der Waals surface area contributed by atoms with Gasteiger partial charge in [-0.3, -0.25) is 0 Å². The van der Waals surface area contributed by atoms with E-state index in [0.717, 1.165) is 99.5 Å². The summed E-state index contributed by atoms with van der Waals surface area (Å²) >= 11 is 1.88. The molecule has 1 aliphatic heterocycles. The molecule has 5 nitrogen and oxygen atoms in total. The van der Waals surface area contributed by atoms with Crippen molar-refractivity contribution in [1.29, 1.82) is 0 Å². The zero-order valence-corrected chi connectivity index (χ0v) is 33.2. The van der Waals surface area contributed by atoms with Crippen LogP contribution in [0.3, 0.4) is 0 Å². The van der Waals surface area contributed by atoms with Crippen molar-refractivity contribution in [2.75, 3.05) is 0 Å². The van der Waals surface area contributed by atoms with Crippen LogP contribution < -0.4 is 4.74 Å². The third-order valence-electron chi connectivity index (χ3n) is 13.2. The Bertz CT molecular complexity index is 4250. The van der Waals surface area contributed by atoms with Crippen molar-refractivity contribution >= 4 is 119 Å². The van der Waals surface area contributed by atoms with Crippen LogP contribution in [-0.4, -0.2) is 9.13 Å². The lowest BCUT2D eigenvalue weighted by Crippen LogP contribution is -2.06. The van der Waals surface area contributed by atoms with Crippen LogP contribution in [0.5, 0.6) is 5.75 Å². The minimum Gasteiger partial charge on any atom is -0.488 e. The van der Waals surface area contributed by atoms with Crippen LogP contribution in [0.1, 0.15) is 5.56 Å². The third-order valence-corrected chi connectivity index (χ3v) is 14.4. The Balaban J connectivity index is 0.935. The molecule has 14 aromatic rings. The van der Waals surface area contributed by atoms with Gasteiger partial charge in [-0.15, -0.1) is 11.3 Å². The number of thiophene rings is 1. The number of hydrogen-bond acceptors (Lipinski definition) is 4. The lowest BCUT2D eigenvalue weighted by atomic mass is 9.94. The topological polar surface area (TPSA) is 45.4 Å². The molecular formula is C55H30N2O3S. The standard InChI is InChI=1S/C55H30N2O3S/c1-5-13-42-38(11-1)50-44(23-20-35-33-9-3-7-15-46(33)59-53(35)50)56(42)31-18-17-30-29-58-48-26-22-36-41-28-32(19-25-47(41)60-54(36)52(48)40(30)27-31)57-43-14-6-2-12-39(43)51-45(57)24-21-37-34-10-4-8-16-49(34)61-55(37)51/h1-28H,29H2. The zero-order valence-electron chi connectivity index (χ0n) is 32.4. The van der Waals surface area contributed by atoms with E-state index in [2.05, 4.69) is 173 Å². The molecule has 284 valence electrons. The highest BCUT2D eigenvalue weighted by molar-refractivity contribution is 7.26. The van der Waals surface area contributed by atoms with Crippen LogP contribution in [-0.2, 0) is 6.61 Å². The van der Waals surface area contributed by atoms with Gasteiger partial charge in [0, 0.05) is 69.3 Å². The van der Waals surface area contributed by atoms with E-state index in [1.54, 1.807) is 0 Å². The summed E-state index contributed by atoms with van der Waals surface area (Å²) in [6, 6.07) is 61.2. The smallest absolute Gasteiger partial charge is 0.146 e. The van der Waals surface area contributed by atoms with E-state index >= 15 is 0 Å². The highest BCUT2D eigenvalue weighted by Crippen LogP contribution is 2.49. The van der Waals surface area contributed by atoms with Crippen molar-refractivity contribution in [3.8, 4) is 28.3 Å². The molecule has 15 rings (SSSR count). The first-order valence-electron chi connectivity index (χ1n) is 20.7. The zero-order chi connectivity index (χ0) is 39.5. The summed E-state index contributed by atoms with van der Waals surface area (Å²) in [4.78, 5) is 0. The molecule has 9 aromatic carbocycles. The van der Waals surface area contributed by atoms with Gasteiger partial charge in [-0.1, -0.05) is 84.9 Å². The molecule has 0 N–H and O–H groups in total. The Morgan fingerprint density at radius 3 is 1.90 bits per heavy atom. The minimum atomic E-state index is 0.492. The number of hydrogen-bond donors (Lipinski definition) is 0. The number of ether oxygens (including phenoxy) is 1. The Kier molecular flexibility index (Phi) is 6.04. The Morgan fingerprint density at radius 2 is 1.05 bits per heavy atom. The molecule has 0 unspecified atom stereocenters. The van der Waals surface area contributed by atoms with Crippen LogP contribution in [0.2, 0.25) is 0 Å². The molecule has 0 amide bonds. The number of aromatic nitrogens is 2. The molecule has 0 atom stereocenters. The molecule has 6 heteroatoms. The maximum Gasteiger partial charge on any atom is 0.146 e. The second-order valence-electron chi connectivity index (χ2n) is 16.3. The van der Waals surface area contributed by atoms with Gasteiger partial charge < -0.3 is 22.7 Å². The van der Waals surface area contributed by atoms with Crippen molar-refractivity contribution in [2.24, 2.45) is 0 Å². The fourth-order valence-corrected chi connectivity index (χ4v) is 11.8. The Morgan fingerprint density at radius 1 is 0.426 bits per heavy atom. The monoisotopic (exact) mass is 798 g/mol. The average molecular weight is 799 g/mol. The van der Waals surface area contributed by atoms with Crippen LogP contribution in [0.15, 0.2) is 179 Å². The number of para-hydroxylation sites is 3. The predicted molar refractivity (Wildman–Crippen MR) is 252 cm³/mol. The molecule has 0 radical (unpaired) electrons. The quantitative estimate of drug-likeness (QED) is 0.175. The van der Waals surface area contributed by atoms with Gasteiger partial charge >= 0.3 is 0 Å². The Labute approximate surface area is 350 Å². The molecule has 6 heterocycles. The maximum absolute atomic E-state index is 6.89. The van der Waals surface area contributed by atoms with Crippen molar-refractivity contribution in [2.45, 2.75) is 6.61 Å². The first kappa shape index (κ1) is 32.1. The molecule has 0 fully saturated rings. The Hall–Kier alpha value is -7.80. The molecule has 5 aromatic heterocycles. The van der Waals surface area contributed by atoms with Gasteiger partial charge in [-0.2, -0.15) is 0 Å². The van der Waals surface area contributed by atoms with Gasteiger partial charge in [0.05, 0.1) is 33.0 Å². The van der Waals surface area contributed by atoms with E-state index in [4.69, 9.17) is 13.6 Å². The van der Waals surface area contributed by atoms with E-state index in [1.165, 1.54) is 42.0 Å². The second-order valence-corrected chi connectivity index (χ2v) is 17.4. The summed E-state index contributed by atoms with van der Waals surface area (Å²) < 4.78 is 27.4. The molecule has 0 spiro atoms. The van der Waals surface area contributed by atoms with Crippen molar-refractivity contribution in [3.63, 3.8) is 0 Å². The first-order chi connectivity index (χ1) is 30.2. The normalized spacial score (nSPS) is 13.0. The largest absolute Gasteiger partial charge is 0.488 e. The van der Waals surface area contributed by atoms with Crippen molar-refractivity contribution in [3.05, 3.63) is 175 Å². The number of rotatable bonds is 2. The first-order valence-corrected chi connectivity index (χ1v) is 21.5. The summed E-state index contributed by atoms with van der Waals surface area (Å²) in [6.45, 7) is 0.492. The molecule has 0 saturated carbocycles. The fraction of sp³-hybridized carbons (Fsp3) is 0.0182. The van der Waals surface area contributed by atoms with E-state index in [1.807, 2.05) is 17.4 Å². The summed E-state index contributed by atoms with van der Waals surface area (Å²) in [5, 5.41) is 11.9. The van der Waals surface area contributed by atoms with Gasteiger partial charge in [0.15, 0.2) is 0 Å². The third kappa shape index (κ3) is 4.14.